The minimum Gasteiger partial charge on any atom is -0.368 e. The van der Waals surface area contributed by atoms with Crippen LogP contribution in [0.25, 0.3) is 0 Å². The van der Waals surface area contributed by atoms with Gasteiger partial charge in [0.2, 0.25) is 0 Å². The number of hydrogen-bond donors (Lipinski definition) is 0. The van der Waals surface area contributed by atoms with Crippen LogP contribution in [0.15, 0.2) is 53.9 Å². The molecule has 0 N–H and O–H groups in total. The number of anilines is 3. The third-order valence-corrected chi connectivity index (χ3v) is 7.01. The molecule has 0 aliphatic carbocycles. The maximum Gasteiger partial charge on any atom is 0.128 e. The van der Waals surface area contributed by atoms with Gasteiger partial charge in [0, 0.05) is 43.2 Å². The monoisotopic (exact) mass is 431 g/mol. The van der Waals surface area contributed by atoms with Crippen LogP contribution in [0.3, 0.4) is 0 Å². The number of piperazine rings is 1. The smallest absolute Gasteiger partial charge is 0.128 e. The Morgan fingerprint density at radius 2 is 1.41 bits per heavy atom. The van der Waals surface area contributed by atoms with Crippen molar-refractivity contribution in [3.05, 3.63) is 65.5 Å². The number of hydrazone groups is 1. The Balaban J connectivity index is 1.39. The Bertz CT molecular complexity index is 963. The Morgan fingerprint density at radius 1 is 0.875 bits per heavy atom. The molecule has 1 fully saturated rings. The molecule has 1 unspecified atom stereocenters. The zero-order valence-electron chi connectivity index (χ0n) is 20.3. The van der Waals surface area contributed by atoms with E-state index in [2.05, 4.69) is 97.4 Å². The van der Waals surface area contributed by atoms with Crippen molar-refractivity contribution in [2.45, 2.75) is 53.5 Å². The van der Waals surface area contributed by atoms with Gasteiger partial charge in [-0.3, -0.25) is 4.90 Å². The maximum absolute atomic E-state index is 4.54. The van der Waals surface area contributed by atoms with Crippen molar-refractivity contribution in [1.82, 2.24) is 5.01 Å². The normalized spacial score (nSPS) is 17.5. The molecule has 1 saturated heterocycles. The lowest BCUT2D eigenvalue weighted by molar-refractivity contribution is 0.286. The largest absolute Gasteiger partial charge is 0.368 e. The van der Waals surface area contributed by atoms with E-state index in [0.717, 1.165) is 50.5 Å². The summed E-state index contributed by atoms with van der Waals surface area (Å²) in [4.78, 5) is 7.08. The lowest BCUT2D eigenvalue weighted by Gasteiger charge is -2.38. The van der Waals surface area contributed by atoms with E-state index in [1.54, 1.807) is 0 Å². The Kier molecular flexibility index (Phi) is 6.45. The number of nitrogens with zero attached hydrogens (tertiary/aromatic N) is 5. The molecular weight excluding hydrogens is 394 g/mol. The Hall–Kier alpha value is -2.95. The predicted molar refractivity (Wildman–Crippen MR) is 138 cm³/mol. The molecule has 2 aromatic carbocycles. The molecule has 170 valence electrons. The van der Waals surface area contributed by atoms with Crippen LogP contribution >= 0.6 is 0 Å². The fraction of sp³-hybridized carbons (Fsp3) is 0.444. The zero-order chi connectivity index (χ0) is 22.8. The summed E-state index contributed by atoms with van der Waals surface area (Å²) in [6.45, 7) is 19.5. The SMILES string of the molecule is C=C1N(c2ccc(N3CCN(c4cc(C)c(CC)c(C)c4)CC3)cc2)C=NN1C(C)CC. The van der Waals surface area contributed by atoms with E-state index in [4.69, 9.17) is 0 Å². The van der Waals surface area contributed by atoms with Gasteiger partial charge in [-0.25, -0.2) is 5.01 Å². The highest BCUT2D eigenvalue weighted by Crippen LogP contribution is 2.29. The highest BCUT2D eigenvalue weighted by atomic mass is 15.6. The topological polar surface area (TPSA) is 25.3 Å². The van der Waals surface area contributed by atoms with Crippen LogP contribution < -0.4 is 14.7 Å². The second kappa shape index (κ2) is 9.27. The van der Waals surface area contributed by atoms with Crippen LogP contribution in [0.4, 0.5) is 17.1 Å². The molecule has 2 aromatic rings. The van der Waals surface area contributed by atoms with Gasteiger partial charge >= 0.3 is 0 Å². The van der Waals surface area contributed by atoms with E-state index < -0.39 is 0 Å². The highest BCUT2D eigenvalue weighted by molar-refractivity contribution is 5.85. The second-order valence-electron chi connectivity index (χ2n) is 9.02. The molecule has 0 bridgehead atoms. The van der Waals surface area contributed by atoms with Gasteiger partial charge in [0.05, 0.1) is 6.04 Å². The summed E-state index contributed by atoms with van der Waals surface area (Å²) in [6.07, 6.45) is 4.01. The van der Waals surface area contributed by atoms with Gasteiger partial charge in [0.1, 0.15) is 12.2 Å². The summed E-state index contributed by atoms with van der Waals surface area (Å²) >= 11 is 0. The molecule has 5 nitrogen and oxygen atoms in total. The van der Waals surface area contributed by atoms with E-state index >= 15 is 0 Å². The predicted octanol–water partition coefficient (Wildman–Crippen LogP) is 5.53. The van der Waals surface area contributed by atoms with Gasteiger partial charge in [-0.2, -0.15) is 5.10 Å². The fourth-order valence-corrected chi connectivity index (χ4v) is 4.87. The first-order chi connectivity index (χ1) is 15.4. The van der Waals surface area contributed by atoms with Gasteiger partial charge in [0.25, 0.3) is 0 Å². The van der Waals surface area contributed by atoms with Crippen molar-refractivity contribution in [3.8, 4) is 0 Å². The number of benzene rings is 2. The summed E-state index contributed by atoms with van der Waals surface area (Å²) in [5, 5.41) is 6.54. The van der Waals surface area contributed by atoms with E-state index in [0.29, 0.717) is 6.04 Å². The molecule has 2 aliphatic heterocycles. The maximum atomic E-state index is 4.54. The molecule has 0 radical (unpaired) electrons. The first-order valence-corrected chi connectivity index (χ1v) is 11.9. The van der Waals surface area contributed by atoms with Crippen LogP contribution in [0, 0.1) is 13.8 Å². The van der Waals surface area contributed by atoms with E-state index in [1.165, 1.54) is 28.1 Å². The van der Waals surface area contributed by atoms with Gasteiger partial charge in [-0.15, -0.1) is 0 Å². The fourth-order valence-electron chi connectivity index (χ4n) is 4.87. The standard InChI is InChI=1S/C27H37N5/c1-7-22(5)32-23(6)31(19-28-32)25-11-9-24(10-12-25)29-13-15-30(16-14-29)26-17-20(3)27(8-2)21(4)18-26/h9-12,17-19,22H,6-8,13-16H2,1-5H3. The second-order valence-corrected chi connectivity index (χ2v) is 9.02. The molecule has 2 aliphatic rings. The lowest BCUT2D eigenvalue weighted by atomic mass is 9.99. The van der Waals surface area contributed by atoms with Gasteiger partial charge in [-0.05, 0) is 86.7 Å². The molecule has 0 spiro atoms. The van der Waals surface area contributed by atoms with Crippen molar-refractivity contribution >= 4 is 23.4 Å². The summed E-state index contributed by atoms with van der Waals surface area (Å²) < 4.78 is 0. The first kappa shape index (κ1) is 22.3. The van der Waals surface area contributed by atoms with Crippen LogP contribution in [0.1, 0.15) is 43.9 Å². The molecule has 0 saturated carbocycles. The molecule has 1 atom stereocenters. The molecule has 32 heavy (non-hydrogen) atoms. The minimum absolute atomic E-state index is 0.352. The molecule has 0 aromatic heterocycles. The molecular formula is C27H37N5. The number of rotatable bonds is 6. The number of hydrogen-bond acceptors (Lipinski definition) is 5. The highest BCUT2D eigenvalue weighted by Gasteiger charge is 2.24. The van der Waals surface area contributed by atoms with Crippen molar-refractivity contribution in [2.75, 3.05) is 40.9 Å². The van der Waals surface area contributed by atoms with Gasteiger partial charge in [0.15, 0.2) is 0 Å². The van der Waals surface area contributed by atoms with Crippen molar-refractivity contribution in [3.63, 3.8) is 0 Å². The quantitative estimate of drug-likeness (QED) is 0.601. The van der Waals surface area contributed by atoms with Gasteiger partial charge in [-0.1, -0.05) is 20.4 Å². The minimum atomic E-state index is 0.352. The summed E-state index contributed by atoms with van der Waals surface area (Å²) in [6, 6.07) is 13.9. The average Bonchev–Trinajstić information content (AvgIpc) is 3.20. The molecule has 5 heteroatoms. The van der Waals surface area contributed by atoms with Crippen molar-refractivity contribution in [1.29, 1.82) is 0 Å². The third-order valence-electron chi connectivity index (χ3n) is 7.01. The van der Waals surface area contributed by atoms with Crippen molar-refractivity contribution in [2.24, 2.45) is 5.10 Å². The van der Waals surface area contributed by atoms with Crippen molar-refractivity contribution < 1.29 is 0 Å². The number of aryl methyl sites for hydroxylation is 2. The summed E-state index contributed by atoms with van der Waals surface area (Å²) in [7, 11) is 0. The summed E-state index contributed by atoms with van der Waals surface area (Å²) in [5.41, 5.74) is 8.07. The zero-order valence-corrected chi connectivity index (χ0v) is 20.3. The van der Waals surface area contributed by atoms with Crippen LogP contribution in [0.2, 0.25) is 0 Å². The van der Waals surface area contributed by atoms with E-state index in [1.807, 2.05) is 11.3 Å². The molecule has 4 rings (SSSR count). The Labute approximate surface area is 193 Å². The lowest BCUT2D eigenvalue weighted by Crippen LogP contribution is -2.46. The third kappa shape index (κ3) is 4.21. The Morgan fingerprint density at radius 3 is 1.94 bits per heavy atom. The van der Waals surface area contributed by atoms with Crippen LogP contribution in [-0.4, -0.2) is 43.6 Å². The first-order valence-electron chi connectivity index (χ1n) is 11.9. The molecule has 2 heterocycles. The van der Waals surface area contributed by atoms with Crippen LogP contribution in [-0.2, 0) is 6.42 Å². The average molecular weight is 432 g/mol. The van der Waals surface area contributed by atoms with Crippen LogP contribution in [0.5, 0.6) is 0 Å². The van der Waals surface area contributed by atoms with E-state index in [-0.39, 0.29) is 0 Å². The molecule has 0 amide bonds. The summed E-state index contributed by atoms with van der Waals surface area (Å²) in [5.74, 6) is 0.917. The van der Waals surface area contributed by atoms with E-state index in [9.17, 15) is 0 Å². The van der Waals surface area contributed by atoms with Gasteiger partial charge < -0.3 is 9.80 Å².